The Morgan fingerprint density at radius 2 is 2.00 bits per heavy atom. The van der Waals surface area contributed by atoms with Crippen LogP contribution in [-0.2, 0) is 32.0 Å². The molecule has 1 aromatic rings. The van der Waals surface area contributed by atoms with Gasteiger partial charge in [-0.05, 0) is 43.4 Å². The molecule has 0 aromatic heterocycles. The Morgan fingerprint density at radius 3 is 2.77 bits per heavy atom. The lowest BCUT2D eigenvalue weighted by molar-refractivity contribution is -0.144. The summed E-state index contributed by atoms with van der Waals surface area (Å²) in [5.41, 5.74) is 3.87. The molecule has 2 aliphatic heterocycles. The first-order valence-corrected chi connectivity index (χ1v) is 10.5. The van der Waals surface area contributed by atoms with Crippen molar-refractivity contribution in [2.45, 2.75) is 39.7 Å². The summed E-state index contributed by atoms with van der Waals surface area (Å²) < 4.78 is 15.9. The van der Waals surface area contributed by atoms with Crippen molar-refractivity contribution in [2.24, 2.45) is 0 Å². The molecule has 7 heteroatoms. The fourth-order valence-electron chi connectivity index (χ4n) is 3.75. The van der Waals surface area contributed by atoms with Gasteiger partial charge in [-0.15, -0.1) is 0 Å². The third-order valence-electron chi connectivity index (χ3n) is 5.64. The minimum absolute atomic E-state index is 0.00592. The van der Waals surface area contributed by atoms with Crippen LogP contribution in [0.4, 0.5) is 0 Å². The summed E-state index contributed by atoms with van der Waals surface area (Å²) in [6.07, 6.45) is 3.43. The highest BCUT2D eigenvalue weighted by molar-refractivity contribution is 6.02. The van der Waals surface area contributed by atoms with E-state index < -0.39 is 0 Å². The number of benzene rings is 1. The zero-order valence-electron chi connectivity index (χ0n) is 17.9. The van der Waals surface area contributed by atoms with Crippen molar-refractivity contribution in [1.82, 2.24) is 4.90 Å². The van der Waals surface area contributed by atoms with E-state index in [1.807, 2.05) is 26.0 Å². The Hall–Kier alpha value is -2.22. The van der Waals surface area contributed by atoms with Gasteiger partial charge in [0, 0.05) is 26.1 Å². The summed E-state index contributed by atoms with van der Waals surface area (Å²) in [6, 6.07) is 1.90. The molecular weight excluding hydrogens is 386 g/mol. The number of phenols is 1. The van der Waals surface area contributed by atoms with E-state index in [9.17, 15) is 14.7 Å². The number of aromatic hydroxyl groups is 1. The van der Waals surface area contributed by atoms with Crippen molar-refractivity contribution in [3.8, 4) is 5.75 Å². The molecule has 164 valence electrons. The summed E-state index contributed by atoms with van der Waals surface area (Å²) in [6.45, 7) is 8.62. The van der Waals surface area contributed by atoms with Crippen LogP contribution in [0.15, 0.2) is 17.7 Å². The van der Waals surface area contributed by atoms with Gasteiger partial charge in [-0.1, -0.05) is 17.7 Å². The van der Waals surface area contributed by atoms with E-state index in [0.29, 0.717) is 43.6 Å². The topological polar surface area (TPSA) is 85.3 Å². The number of ketones is 1. The minimum atomic E-state index is -0.200. The van der Waals surface area contributed by atoms with Crippen LogP contribution in [0, 0.1) is 6.92 Å². The lowest BCUT2D eigenvalue weighted by Crippen LogP contribution is -2.38. The van der Waals surface area contributed by atoms with Crippen LogP contribution in [0.3, 0.4) is 0 Å². The number of esters is 1. The third-order valence-corrected chi connectivity index (χ3v) is 5.64. The van der Waals surface area contributed by atoms with E-state index in [0.717, 1.165) is 49.5 Å². The monoisotopic (exact) mass is 417 g/mol. The van der Waals surface area contributed by atoms with Crippen molar-refractivity contribution in [1.29, 1.82) is 0 Å². The van der Waals surface area contributed by atoms with E-state index in [2.05, 4.69) is 4.90 Å². The lowest BCUT2D eigenvalue weighted by atomic mass is 9.92. The molecule has 0 spiro atoms. The number of nitrogens with zero attached hydrogens (tertiary/aromatic N) is 1. The number of Topliss-reactive ketones (excluding diaryl/α,β-unsaturated/α-hetero) is 1. The average molecular weight is 418 g/mol. The van der Waals surface area contributed by atoms with E-state index in [4.69, 9.17) is 14.2 Å². The van der Waals surface area contributed by atoms with E-state index in [1.54, 1.807) is 0 Å². The van der Waals surface area contributed by atoms with Gasteiger partial charge in [0.2, 0.25) is 0 Å². The summed E-state index contributed by atoms with van der Waals surface area (Å²) in [4.78, 5) is 26.4. The Bertz CT molecular complexity index is 810. The molecule has 2 aliphatic rings. The number of hydrogen-bond donors (Lipinski definition) is 1. The summed E-state index contributed by atoms with van der Waals surface area (Å²) in [5, 5.41) is 10.6. The standard InChI is InChI=1S/C23H31NO6/c1-16(4-6-21(26)30-12-9-24-7-10-28-11-8-24)3-5-18-13-17(2)19-14-29-15-20(25)22(19)23(18)27/h3,13,27H,4-12,14-15H2,1-2H3/b16-3+. The second-order valence-electron chi connectivity index (χ2n) is 7.90. The zero-order chi connectivity index (χ0) is 21.5. The Balaban J connectivity index is 1.47. The summed E-state index contributed by atoms with van der Waals surface area (Å²) >= 11 is 0. The fourth-order valence-corrected chi connectivity index (χ4v) is 3.75. The van der Waals surface area contributed by atoms with Crippen LogP contribution in [0.25, 0.3) is 0 Å². The summed E-state index contributed by atoms with van der Waals surface area (Å²) in [7, 11) is 0. The van der Waals surface area contributed by atoms with Crippen LogP contribution >= 0.6 is 0 Å². The third kappa shape index (κ3) is 5.90. The molecule has 0 amide bonds. The van der Waals surface area contributed by atoms with E-state index in [1.165, 1.54) is 0 Å². The van der Waals surface area contributed by atoms with Gasteiger partial charge in [-0.3, -0.25) is 14.5 Å². The SMILES string of the molecule is C/C(=C\Cc1cc(C)c2c(c1O)C(=O)COC2)CCC(=O)OCCN1CCOCC1. The zero-order valence-corrected chi connectivity index (χ0v) is 17.9. The first-order valence-electron chi connectivity index (χ1n) is 10.5. The predicted molar refractivity (Wildman–Crippen MR) is 112 cm³/mol. The van der Waals surface area contributed by atoms with Crippen LogP contribution in [-0.4, -0.2) is 67.8 Å². The number of rotatable bonds is 8. The molecule has 0 unspecified atom stereocenters. The molecular formula is C23H31NO6. The van der Waals surface area contributed by atoms with Gasteiger partial charge in [0.15, 0.2) is 5.78 Å². The number of carbonyl (C=O) groups is 2. The smallest absolute Gasteiger partial charge is 0.306 e. The molecule has 30 heavy (non-hydrogen) atoms. The van der Waals surface area contributed by atoms with Crippen molar-refractivity contribution in [3.63, 3.8) is 0 Å². The number of ether oxygens (including phenoxy) is 3. The van der Waals surface area contributed by atoms with Crippen molar-refractivity contribution < 1.29 is 28.9 Å². The van der Waals surface area contributed by atoms with Gasteiger partial charge < -0.3 is 19.3 Å². The largest absolute Gasteiger partial charge is 0.507 e. The lowest BCUT2D eigenvalue weighted by Gasteiger charge is -2.26. The van der Waals surface area contributed by atoms with Gasteiger partial charge in [-0.25, -0.2) is 0 Å². The molecule has 0 saturated carbocycles. The van der Waals surface area contributed by atoms with Crippen LogP contribution in [0.1, 0.15) is 46.8 Å². The number of allylic oxidation sites excluding steroid dienone is 2. The average Bonchev–Trinajstić information content (AvgIpc) is 2.74. The molecule has 7 nitrogen and oxygen atoms in total. The normalized spacial score (nSPS) is 17.7. The van der Waals surface area contributed by atoms with Gasteiger partial charge >= 0.3 is 5.97 Å². The molecule has 3 rings (SSSR count). The molecule has 0 bridgehead atoms. The number of fused-ring (bicyclic) bond motifs is 1. The molecule has 0 radical (unpaired) electrons. The highest BCUT2D eigenvalue weighted by Crippen LogP contribution is 2.33. The molecule has 1 saturated heterocycles. The molecule has 2 heterocycles. The van der Waals surface area contributed by atoms with Crippen LogP contribution in [0.2, 0.25) is 0 Å². The number of morpholine rings is 1. The second-order valence-corrected chi connectivity index (χ2v) is 7.90. The van der Waals surface area contributed by atoms with Crippen molar-refractivity contribution in [3.05, 3.63) is 40.0 Å². The predicted octanol–water partition coefficient (Wildman–Crippen LogP) is 2.56. The van der Waals surface area contributed by atoms with Crippen LogP contribution in [0.5, 0.6) is 5.75 Å². The van der Waals surface area contributed by atoms with E-state index in [-0.39, 0.29) is 24.1 Å². The minimum Gasteiger partial charge on any atom is -0.507 e. The van der Waals surface area contributed by atoms with Crippen molar-refractivity contribution >= 4 is 11.8 Å². The first-order chi connectivity index (χ1) is 14.5. The highest BCUT2D eigenvalue weighted by atomic mass is 16.5. The maximum absolute atomic E-state index is 12.2. The second kappa shape index (κ2) is 10.7. The van der Waals surface area contributed by atoms with Gasteiger partial charge in [0.05, 0.1) is 25.4 Å². The van der Waals surface area contributed by atoms with Gasteiger partial charge in [-0.2, -0.15) is 0 Å². The summed E-state index contributed by atoms with van der Waals surface area (Å²) in [5.74, 6) is -0.330. The van der Waals surface area contributed by atoms with Gasteiger partial charge in [0.25, 0.3) is 0 Å². The number of phenolic OH excluding ortho intramolecular Hbond substituents is 1. The maximum Gasteiger partial charge on any atom is 0.306 e. The Morgan fingerprint density at radius 1 is 1.23 bits per heavy atom. The number of carbonyl (C=O) groups excluding carboxylic acids is 2. The molecule has 1 aromatic carbocycles. The maximum atomic E-state index is 12.2. The highest BCUT2D eigenvalue weighted by Gasteiger charge is 2.25. The molecule has 0 aliphatic carbocycles. The quantitative estimate of drug-likeness (QED) is 0.514. The molecule has 1 fully saturated rings. The van der Waals surface area contributed by atoms with Gasteiger partial charge in [0.1, 0.15) is 19.0 Å². The molecule has 0 atom stereocenters. The van der Waals surface area contributed by atoms with Crippen LogP contribution < -0.4 is 0 Å². The number of aryl methyl sites for hydroxylation is 1. The first kappa shape index (κ1) is 22.5. The Kier molecular flexibility index (Phi) is 8.01. The molecule has 1 N–H and O–H groups in total. The fraction of sp³-hybridized carbons (Fsp3) is 0.565. The Labute approximate surface area is 177 Å². The van der Waals surface area contributed by atoms with E-state index >= 15 is 0 Å². The van der Waals surface area contributed by atoms with Crippen molar-refractivity contribution in [2.75, 3.05) is 46.1 Å². The number of hydrogen-bond acceptors (Lipinski definition) is 7.